The molecular weight excluding hydrogens is 270 g/mol. The van der Waals surface area contributed by atoms with Crippen LogP contribution in [0, 0.1) is 5.41 Å². The van der Waals surface area contributed by atoms with Crippen LogP contribution in [0.15, 0.2) is 0 Å². The van der Waals surface area contributed by atoms with Crippen molar-refractivity contribution in [1.29, 1.82) is 0 Å². The Bertz CT molecular complexity index is 435. The highest BCUT2D eigenvalue weighted by Crippen LogP contribution is 2.20. The molecule has 0 saturated carbocycles. The van der Waals surface area contributed by atoms with Crippen molar-refractivity contribution in [2.75, 3.05) is 41.9 Å². The van der Waals surface area contributed by atoms with E-state index in [0.29, 0.717) is 30.8 Å². The monoisotopic (exact) mass is 297 g/mol. The highest BCUT2D eigenvalue weighted by atomic mass is 16.3. The molecule has 0 aliphatic carbocycles. The smallest absolute Gasteiger partial charge is 0.243 e. The van der Waals surface area contributed by atoms with Gasteiger partial charge in [0.2, 0.25) is 17.8 Å². The van der Waals surface area contributed by atoms with E-state index in [0.717, 1.165) is 13.1 Å². The van der Waals surface area contributed by atoms with E-state index in [1.165, 1.54) is 0 Å². The number of rotatable bonds is 9. The molecule has 21 heavy (non-hydrogen) atoms. The minimum atomic E-state index is -0.0486. The Morgan fingerprint density at radius 1 is 1.14 bits per heavy atom. The second-order valence-electron chi connectivity index (χ2n) is 5.59. The number of aliphatic hydroxyl groups is 1. The number of hydrogen-bond donors (Lipinski definition) is 4. The van der Waals surface area contributed by atoms with E-state index in [2.05, 4.69) is 39.5 Å². The SMILES string of the molecule is CCN(CC)c1nc(NN)nc(NCC(C)(C)CCO)n1. The molecule has 0 fully saturated rings. The summed E-state index contributed by atoms with van der Waals surface area (Å²) in [4.78, 5) is 14.9. The quantitative estimate of drug-likeness (QED) is 0.391. The number of nitrogens with two attached hydrogens (primary N) is 1. The lowest BCUT2D eigenvalue weighted by molar-refractivity contribution is 0.220. The van der Waals surface area contributed by atoms with Crippen molar-refractivity contribution in [3.8, 4) is 0 Å². The largest absolute Gasteiger partial charge is 0.396 e. The number of nitrogen functional groups attached to an aromatic ring is 1. The Morgan fingerprint density at radius 2 is 1.76 bits per heavy atom. The number of aromatic nitrogens is 3. The fourth-order valence-electron chi connectivity index (χ4n) is 1.87. The van der Waals surface area contributed by atoms with E-state index in [1.54, 1.807) is 0 Å². The van der Waals surface area contributed by atoms with E-state index in [1.807, 2.05) is 18.7 Å². The second-order valence-corrected chi connectivity index (χ2v) is 5.59. The van der Waals surface area contributed by atoms with Gasteiger partial charge in [0.1, 0.15) is 0 Å². The van der Waals surface area contributed by atoms with Crippen molar-refractivity contribution in [2.45, 2.75) is 34.1 Å². The Hall–Kier alpha value is -1.67. The highest BCUT2D eigenvalue weighted by molar-refractivity contribution is 5.43. The van der Waals surface area contributed by atoms with Gasteiger partial charge in [-0.05, 0) is 25.7 Å². The van der Waals surface area contributed by atoms with Crippen LogP contribution in [0.25, 0.3) is 0 Å². The van der Waals surface area contributed by atoms with Crippen LogP contribution >= 0.6 is 0 Å². The van der Waals surface area contributed by atoms with Crippen LogP contribution in [0.5, 0.6) is 0 Å². The summed E-state index contributed by atoms with van der Waals surface area (Å²) in [6.45, 7) is 10.7. The van der Waals surface area contributed by atoms with Crippen LogP contribution in [0.1, 0.15) is 34.1 Å². The summed E-state index contributed by atoms with van der Waals surface area (Å²) in [5.74, 6) is 6.81. The molecule has 1 aromatic heterocycles. The minimum absolute atomic E-state index is 0.0486. The maximum atomic E-state index is 9.06. The molecule has 0 unspecified atom stereocenters. The first-order chi connectivity index (χ1) is 9.95. The topological polar surface area (TPSA) is 112 Å². The summed E-state index contributed by atoms with van der Waals surface area (Å²) < 4.78 is 0. The van der Waals surface area contributed by atoms with Gasteiger partial charge in [0.25, 0.3) is 0 Å². The second kappa shape index (κ2) is 7.94. The van der Waals surface area contributed by atoms with Crippen LogP contribution < -0.4 is 21.5 Å². The van der Waals surface area contributed by atoms with E-state index < -0.39 is 0 Å². The van der Waals surface area contributed by atoms with Gasteiger partial charge in [-0.2, -0.15) is 15.0 Å². The van der Waals surface area contributed by atoms with Crippen molar-refractivity contribution in [3.05, 3.63) is 0 Å². The van der Waals surface area contributed by atoms with Crippen molar-refractivity contribution in [2.24, 2.45) is 11.3 Å². The third-order valence-electron chi connectivity index (χ3n) is 3.31. The Kier molecular flexibility index (Phi) is 6.57. The Balaban J connectivity index is 2.89. The van der Waals surface area contributed by atoms with Crippen molar-refractivity contribution >= 4 is 17.8 Å². The lowest BCUT2D eigenvalue weighted by Crippen LogP contribution is -2.28. The van der Waals surface area contributed by atoms with Gasteiger partial charge in [-0.3, -0.25) is 5.43 Å². The average molecular weight is 297 g/mol. The van der Waals surface area contributed by atoms with E-state index in [9.17, 15) is 0 Å². The van der Waals surface area contributed by atoms with Gasteiger partial charge in [0.15, 0.2) is 0 Å². The molecule has 0 aliphatic rings. The van der Waals surface area contributed by atoms with E-state index in [-0.39, 0.29) is 12.0 Å². The van der Waals surface area contributed by atoms with Gasteiger partial charge < -0.3 is 15.3 Å². The van der Waals surface area contributed by atoms with E-state index >= 15 is 0 Å². The van der Waals surface area contributed by atoms with Crippen LogP contribution in [-0.4, -0.2) is 46.3 Å². The minimum Gasteiger partial charge on any atom is -0.396 e. The van der Waals surface area contributed by atoms with Crippen LogP contribution in [0.2, 0.25) is 0 Å². The molecule has 1 heterocycles. The summed E-state index contributed by atoms with van der Waals surface area (Å²) in [7, 11) is 0. The summed E-state index contributed by atoms with van der Waals surface area (Å²) in [6, 6.07) is 0. The van der Waals surface area contributed by atoms with Crippen LogP contribution in [0.3, 0.4) is 0 Å². The fraction of sp³-hybridized carbons (Fsp3) is 0.769. The summed E-state index contributed by atoms with van der Waals surface area (Å²) in [6.07, 6.45) is 0.704. The maximum absolute atomic E-state index is 9.06. The molecule has 8 nitrogen and oxygen atoms in total. The molecule has 0 atom stereocenters. The Labute approximate surface area is 126 Å². The number of nitrogens with one attached hydrogen (secondary N) is 2. The van der Waals surface area contributed by atoms with Crippen molar-refractivity contribution in [1.82, 2.24) is 15.0 Å². The van der Waals surface area contributed by atoms with Crippen LogP contribution in [-0.2, 0) is 0 Å². The van der Waals surface area contributed by atoms with Crippen molar-refractivity contribution < 1.29 is 5.11 Å². The number of nitrogens with zero attached hydrogens (tertiary/aromatic N) is 4. The third-order valence-corrected chi connectivity index (χ3v) is 3.31. The van der Waals surface area contributed by atoms with Crippen LogP contribution in [0.4, 0.5) is 17.8 Å². The molecule has 0 aliphatic heterocycles. The molecular formula is C13H27N7O. The fourth-order valence-corrected chi connectivity index (χ4v) is 1.87. The summed E-state index contributed by atoms with van der Waals surface area (Å²) >= 11 is 0. The standard InChI is InChI=1S/C13H27N7O/c1-5-20(6-2)12-17-10(16-11(18-12)19-14)15-9-13(3,4)7-8-21/h21H,5-9,14H2,1-4H3,(H2,15,16,17,18,19). The summed E-state index contributed by atoms with van der Waals surface area (Å²) in [5.41, 5.74) is 2.42. The molecule has 1 aromatic rings. The number of anilines is 3. The summed E-state index contributed by atoms with van der Waals surface area (Å²) in [5, 5.41) is 12.3. The van der Waals surface area contributed by atoms with Gasteiger partial charge in [0, 0.05) is 26.2 Å². The lowest BCUT2D eigenvalue weighted by Gasteiger charge is -2.24. The average Bonchev–Trinajstić information content (AvgIpc) is 2.46. The zero-order valence-corrected chi connectivity index (χ0v) is 13.3. The predicted molar refractivity (Wildman–Crippen MR) is 85.2 cm³/mol. The maximum Gasteiger partial charge on any atom is 0.243 e. The molecule has 0 aromatic carbocycles. The first-order valence-electron chi connectivity index (χ1n) is 7.28. The number of aliphatic hydroxyl groups excluding tert-OH is 1. The normalized spacial score (nSPS) is 11.3. The third kappa shape index (κ3) is 5.31. The first kappa shape index (κ1) is 17.4. The first-order valence-corrected chi connectivity index (χ1v) is 7.28. The van der Waals surface area contributed by atoms with Crippen molar-refractivity contribution in [3.63, 3.8) is 0 Å². The highest BCUT2D eigenvalue weighted by Gasteiger charge is 2.18. The molecule has 5 N–H and O–H groups in total. The Morgan fingerprint density at radius 3 is 2.29 bits per heavy atom. The molecule has 0 radical (unpaired) electrons. The zero-order valence-electron chi connectivity index (χ0n) is 13.3. The molecule has 8 heteroatoms. The van der Waals surface area contributed by atoms with Gasteiger partial charge in [0.05, 0.1) is 0 Å². The molecule has 1 rings (SSSR count). The lowest BCUT2D eigenvalue weighted by atomic mass is 9.90. The molecule has 0 spiro atoms. The predicted octanol–water partition coefficient (Wildman–Crippen LogP) is 0.824. The van der Waals surface area contributed by atoms with Gasteiger partial charge in [-0.1, -0.05) is 13.8 Å². The number of hydrazine groups is 1. The number of hydrogen-bond acceptors (Lipinski definition) is 8. The van der Waals surface area contributed by atoms with Gasteiger partial charge in [-0.25, -0.2) is 5.84 Å². The molecule has 120 valence electrons. The van der Waals surface area contributed by atoms with E-state index in [4.69, 9.17) is 10.9 Å². The van der Waals surface area contributed by atoms with Gasteiger partial charge in [-0.15, -0.1) is 0 Å². The molecule has 0 amide bonds. The zero-order chi connectivity index (χ0) is 15.9. The molecule has 0 bridgehead atoms. The molecule has 0 saturated heterocycles. The van der Waals surface area contributed by atoms with Gasteiger partial charge >= 0.3 is 0 Å².